The molecule has 3 N–H and O–H groups in total. The molecule has 7 rings (SSSR count). The van der Waals surface area contributed by atoms with E-state index in [1.54, 1.807) is 32.2 Å². The molecule has 0 amide bonds. The lowest BCUT2D eigenvalue weighted by Gasteiger charge is -2.17. The monoisotopic (exact) mass is 750 g/mol. The van der Waals surface area contributed by atoms with Crippen LogP contribution in [0, 0.1) is 0 Å². The number of hydrogen-bond acceptors (Lipinski definition) is 16. The zero-order chi connectivity index (χ0) is 38.7. The number of phenolic OH excluding ortho intramolecular Hbond substituents is 1. The molecule has 0 fully saturated rings. The molecule has 2 atom stereocenters. The first-order valence-corrected chi connectivity index (χ1v) is 17.3. The predicted octanol–water partition coefficient (Wildman–Crippen LogP) is 3.25. The number of benzene rings is 3. The van der Waals surface area contributed by atoms with Crippen molar-refractivity contribution in [2.75, 3.05) is 13.2 Å². The average Bonchev–Trinajstić information content (AvgIpc) is 3.66. The fraction of sp³-hybridized carbons (Fsp3) is 0.243. The van der Waals surface area contributed by atoms with E-state index in [2.05, 4.69) is 19.9 Å². The lowest BCUT2D eigenvalue weighted by molar-refractivity contribution is -0.146. The summed E-state index contributed by atoms with van der Waals surface area (Å²) in [7, 11) is -2.49. The van der Waals surface area contributed by atoms with Crippen molar-refractivity contribution in [3.8, 4) is 34.8 Å². The highest BCUT2D eigenvalue weighted by atomic mass is 16.6. The molecule has 0 aliphatic carbocycles. The van der Waals surface area contributed by atoms with Gasteiger partial charge in [-0.2, -0.15) is 0 Å². The minimum atomic E-state index is -1.27. The molecule has 16 nitrogen and oxygen atoms in total. The molecule has 5 aromatic rings. The molecule has 4 heterocycles. The van der Waals surface area contributed by atoms with Gasteiger partial charge in [0.15, 0.2) is 0 Å². The zero-order valence-corrected chi connectivity index (χ0v) is 29.8. The highest BCUT2D eigenvalue weighted by Gasteiger charge is 2.41. The Bertz CT molecular complexity index is 2070. The first-order chi connectivity index (χ1) is 26.7. The minimum Gasteiger partial charge on any atom is -0.507 e. The molecule has 282 valence electrons. The third-order valence-electron chi connectivity index (χ3n) is 8.15. The Morgan fingerprint density at radius 3 is 1.78 bits per heavy atom. The fourth-order valence-corrected chi connectivity index (χ4v) is 5.89. The van der Waals surface area contributed by atoms with Gasteiger partial charge in [-0.25, -0.2) is 9.97 Å². The quantitative estimate of drug-likeness (QED) is 0.116. The maximum atomic E-state index is 12.0. The van der Waals surface area contributed by atoms with Crippen molar-refractivity contribution in [3.05, 3.63) is 108 Å². The van der Waals surface area contributed by atoms with E-state index in [1.165, 1.54) is 43.1 Å². The van der Waals surface area contributed by atoms with Crippen LogP contribution in [0.4, 0.5) is 0 Å². The number of ether oxygens (including phenoxy) is 5. The van der Waals surface area contributed by atoms with Crippen LogP contribution in [0.2, 0.25) is 0 Å². The number of phenols is 1. The van der Waals surface area contributed by atoms with E-state index in [9.17, 15) is 24.7 Å². The smallest absolute Gasteiger partial charge is 0.492 e. The van der Waals surface area contributed by atoms with Crippen LogP contribution in [-0.4, -0.2) is 74.5 Å². The molecule has 0 saturated carbocycles. The van der Waals surface area contributed by atoms with E-state index in [0.29, 0.717) is 46.0 Å². The second-order valence-electron chi connectivity index (χ2n) is 11.9. The van der Waals surface area contributed by atoms with Gasteiger partial charge in [-0.1, -0.05) is 30.3 Å². The Labute approximate surface area is 316 Å². The average molecular weight is 750 g/mol. The van der Waals surface area contributed by atoms with Crippen molar-refractivity contribution >= 4 is 37.1 Å². The maximum absolute atomic E-state index is 12.0. The molecule has 0 radical (unpaired) electrons. The van der Waals surface area contributed by atoms with E-state index in [0.717, 1.165) is 5.56 Å². The lowest BCUT2D eigenvalue weighted by Crippen LogP contribution is -2.28. The van der Waals surface area contributed by atoms with Crippen molar-refractivity contribution in [1.82, 2.24) is 19.9 Å². The van der Waals surface area contributed by atoms with Crippen LogP contribution in [0.3, 0.4) is 0 Å². The molecule has 2 aliphatic rings. The first-order valence-electron chi connectivity index (χ1n) is 17.3. The van der Waals surface area contributed by atoms with E-state index in [4.69, 9.17) is 33.0 Å². The van der Waals surface area contributed by atoms with Gasteiger partial charge in [0.2, 0.25) is 11.8 Å². The summed E-state index contributed by atoms with van der Waals surface area (Å²) in [6.07, 6.45) is 7.32. The highest BCUT2D eigenvalue weighted by Crippen LogP contribution is 2.39. The minimum absolute atomic E-state index is 0.0377. The number of carbonyl (C=O) groups is 2. The molecule has 2 aliphatic heterocycles. The van der Waals surface area contributed by atoms with Crippen LogP contribution in [-0.2, 0) is 35.0 Å². The van der Waals surface area contributed by atoms with Crippen LogP contribution in [0.25, 0.3) is 0 Å². The highest BCUT2D eigenvalue weighted by molar-refractivity contribution is 6.62. The standard InChI is InChI=1S/C22H21BN2O6.C15H15BN2O6/c1-2-28-21(26)12-19-22-17(23(27)31-19)10-16(30-20-13-24-8-9-25-20)11-18(22)29-14-15-6-4-3-5-7-15;1-2-22-14(20)7-12-15-10(16(21)24-12)5-9(6-11(15)19)23-13-8-17-3-4-18-13/h3-11,13,19,27H,2,12,14H2,1H3;3-6,8,12,19,21H,2,7H2,1H3. The van der Waals surface area contributed by atoms with E-state index in [1.807, 2.05) is 30.3 Å². The van der Waals surface area contributed by atoms with Crippen molar-refractivity contribution in [1.29, 1.82) is 0 Å². The van der Waals surface area contributed by atoms with Gasteiger partial charge in [-0.05, 0) is 42.5 Å². The van der Waals surface area contributed by atoms with Gasteiger partial charge in [0, 0.05) is 48.0 Å². The van der Waals surface area contributed by atoms with Crippen LogP contribution in [0.1, 0.15) is 55.6 Å². The number of carbonyl (C=O) groups excluding carboxylic acids is 2. The molecule has 0 bridgehead atoms. The van der Waals surface area contributed by atoms with Gasteiger partial charge in [-0.15, -0.1) is 0 Å². The number of nitrogens with zero attached hydrogens (tertiary/aromatic N) is 4. The molecule has 2 aromatic heterocycles. The van der Waals surface area contributed by atoms with Crippen molar-refractivity contribution in [2.45, 2.75) is 45.5 Å². The summed E-state index contributed by atoms with van der Waals surface area (Å²) < 4.78 is 38.3. The summed E-state index contributed by atoms with van der Waals surface area (Å²) in [4.78, 5) is 39.6. The van der Waals surface area contributed by atoms with Crippen molar-refractivity contribution < 1.29 is 57.7 Å². The Balaban J connectivity index is 0.000000193. The number of fused-ring (bicyclic) bond motifs is 2. The van der Waals surface area contributed by atoms with Gasteiger partial charge in [0.1, 0.15) is 29.6 Å². The molecule has 18 heteroatoms. The second-order valence-corrected chi connectivity index (χ2v) is 11.9. The zero-order valence-electron chi connectivity index (χ0n) is 29.8. The number of hydrogen-bond donors (Lipinski definition) is 3. The van der Waals surface area contributed by atoms with Gasteiger partial charge >= 0.3 is 26.2 Å². The number of rotatable bonds is 13. The first kappa shape index (κ1) is 38.6. The summed E-state index contributed by atoms with van der Waals surface area (Å²) in [6.45, 7) is 4.25. The summed E-state index contributed by atoms with van der Waals surface area (Å²) in [5.74, 6) is 0.640. The molecule has 55 heavy (non-hydrogen) atoms. The Morgan fingerprint density at radius 2 is 1.25 bits per heavy atom. The number of aromatic hydroxyl groups is 1. The van der Waals surface area contributed by atoms with E-state index in [-0.39, 0.29) is 43.4 Å². The maximum Gasteiger partial charge on any atom is 0.492 e. The van der Waals surface area contributed by atoms with Gasteiger partial charge in [-0.3, -0.25) is 19.6 Å². The Hall–Kier alpha value is -6.07. The molecule has 2 unspecified atom stereocenters. The molecule has 0 saturated heterocycles. The predicted molar refractivity (Wildman–Crippen MR) is 195 cm³/mol. The van der Waals surface area contributed by atoms with Crippen LogP contribution < -0.4 is 25.1 Å². The van der Waals surface area contributed by atoms with Gasteiger partial charge < -0.3 is 48.1 Å². The molecular formula is C37H36B2N4O12. The number of esters is 2. The number of aromatic nitrogens is 4. The summed E-state index contributed by atoms with van der Waals surface area (Å²) in [5, 5.41) is 30.8. The molecular weight excluding hydrogens is 714 g/mol. The molecule has 3 aromatic carbocycles. The van der Waals surface area contributed by atoms with Crippen LogP contribution in [0.5, 0.6) is 34.8 Å². The van der Waals surface area contributed by atoms with E-state index < -0.39 is 38.4 Å². The molecule has 0 spiro atoms. The fourth-order valence-electron chi connectivity index (χ4n) is 5.89. The van der Waals surface area contributed by atoms with E-state index >= 15 is 0 Å². The third kappa shape index (κ3) is 9.93. The van der Waals surface area contributed by atoms with Gasteiger partial charge in [0.25, 0.3) is 0 Å². The van der Waals surface area contributed by atoms with Crippen LogP contribution in [0.15, 0.2) is 91.8 Å². The topological polar surface area (TPSA) is 211 Å². The second kappa shape index (κ2) is 18.3. The van der Waals surface area contributed by atoms with Gasteiger partial charge in [0.05, 0.1) is 50.7 Å². The van der Waals surface area contributed by atoms with Crippen molar-refractivity contribution in [2.24, 2.45) is 0 Å². The SMILES string of the molecule is CCOC(=O)CC1OB(O)c2cc(Oc3cnccn3)cc(O)c21.CCOC(=O)CC1OB(O)c2cc(Oc3cnccn3)cc(OCc3ccccc3)c21. The van der Waals surface area contributed by atoms with Crippen molar-refractivity contribution in [3.63, 3.8) is 0 Å². The summed E-state index contributed by atoms with van der Waals surface area (Å²) >= 11 is 0. The lowest BCUT2D eigenvalue weighted by atomic mass is 9.78. The Kier molecular flexibility index (Phi) is 12.9. The Morgan fingerprint density at radius 1 is 0.727 bits per heavy atom. The van der Waals surface area contributed by atoms with Crippen LogP contribution >= 0.6 is 0 Å². The normalized spacial score (nSPS) is 15.3. The summed E-state index contributed by atoms with van der Waals surface area (Å²) in [5.41, 5.74) is 2.73. The third-order valence-corrected chi connectivity index (χ3v) is 8.15. The summed E-state index contributed by atoms with van der Waals surface area (Å²) in [6, 6.07) is 15.9. The largest absolute Gasteiger partial charge is 0.507 e.